The summed E-state index contributed by atoms with van der Waals surface area (Å²) in [4.78, 5) is 6.67. The lowest BCUT2D eigenvalue weighted by atomic mass is 10.3. The molecule has 0 bridgehead atoms. The van der Waals surface area contributed by atoms with Gasteiger partial charge in [-0.3, -0.25) is 4.31 Å². The Kier molecular flexibility index (Phi) is 3.48. The largest absolute Gasteiger partial charge is 0.399 e. The Hall–Kier alpha value is -2.02. The molecule has 102 valence electrons. The van der Waals surface area contributed by atoms with Crippen LogP contribution in [0.1, 0.15) is 12.7 Å². The van der Waals surface area contributed by atoms with Crippen LogP contribution in [-0.4, -0.2) is 24.9 Å². The van der Waals surface area contributed by atoms with Crippen LogP contribution in [0.5, 0.6) is 0 Å². The fourth-order valence-electron chi connectivity index (χ4n) is 1.78. The summed E-state index contributed by atoms with van der Waals surface area (Å²) in [6.45, 7) is 3.81. The highest BCUT2D eigenvalue weighted by molar-refractivity contribution is 7.92. The van der Waals surface area contributed by atoms with Gasteiger partial charge < -0.3 is 10.7 Å². The average Bonchev–Trinajstić information content (AvgIpc) is 2.80. The van der Waals surface area contributed by atoms with Crippen LogP contribution in [0.15, 0.2) is 35.5 Å². The molecule has 6 nitrogen and oxygen atoms in total. The number of nitrogen functional groups attached to an aromatic ring is 1. The van der Waals surface area contributed by atoms with Crippen LogP contribution in [0.2, 0.25) is 0 Å². The molecule has 0 aliphatic carbocycles. The molecular formula is C12H16N4O2S. The third kappa shape index (κ3) is 2.55. The predicted molar refractivity (Wildman–Crippen MR) is 74.4 cm³/mol. The van der Waals surface area contributed by atoms with E-state index in [1.165, 1.54) is 10.5 Å². The normalized spacial score (nSPS) is 11.5. The van der Waals surface area contributed by atoms with E-state index in [4.69, 9.17) is 5.73 Å². The molecule has 0 saturated heterocycles. The molecule has 3 N–H and O–H groups in total. The number of H-pyrrole nitrogens is 1. The van der Waals surface area contributed by atoms with Crippen molar-refractivity contribution in [3.8, 4) is 0 Å². The van der Waals surface area contributed by atoms with E-state index in [2.05, 4.69) is 9.97 Å². The molecule has 0 saturated carbocycles. The van der Waals surface area contributed by atoms with E-state index in [0.29, 0.717) is 23.7 Å². The molecule has 7 heteroatoms. The molecule has 2 aromatic rings. The molecule has 0 atom stereocenters. The van der Waals surface area contributed by atoms with Crippen molar-refractivity contribution >= 4 is 21.4 Å². The van der Waals surface area contributed by atoms with Crippen molar-refractivity contribution in [3.05, 3.63) is 36.3 Å². The number of nitrogens with one attached hydrogen (secondary N) is 1. The number of aromatic nitrogens is 2. The summed E-state index contributed by atoms with van der Waals surface area (Å²) >= 11 is 0. The first-order valence-corrected chi connectivity index (χ1v) is 7.29. The first kappa shape index (κ1) is 13.4. The maximum Gasteiger partial charge on any atom is 0.281 e. The Balaban J connectivity index is 2.44. The maximum atomic E-state index is 12.5. The smallest absolute Gasteiger partial charge is 0.281 e. The molecule has 0 aliphatic heterocycles. The van der Waals surface area contributed by atoms with Gasteiger partial charge in [0.15, 0.2) is 5.03 Å². The van der Waals surface area contributed by atoms with E-state index < -0.39 is 10.0 Å². The zero-order valence-electron chi connectivity index (χ0n) is 10.8. The number of imidazole rings is 1. The summed E-state index contributed by atoms with van der Waals surface area (Å²) in [5.41, 5.74) is 6.77. The second-order valence-corrected chi connectivity index (χ2v) is 5.92. The van der Waals surface area contributed by atoms with Crippen LogP contribution in [-0.2, 0) is 10.0 Å². The van der Waals surface area contributed by atoms with Gasteiger partial charge in [-0.15, -0.1) is 0 Å². The summed E-state index contributed by atoms with van der Waals surface area (Å²) in [5, 5.41) is 0.0867. The van der Waals surface area contributed by atoms with Crippen molar-refractivity contribution in [1.82, 2.24) is 9.97 Å². The van der Waals surface area contributed by atoms with E-state index in [1.807, 2.05) is 0 Å². The number of aromatic amines is 1. The van der Waals surface area contributed by atoms with Gasteiger partial charge in [-0.25, -0.2) is 4.98 Å². The number of benzene rings is 1. The molecule has 1 aromatic carbocycles. The quantitative estimate of drug-likeness (QED) is 0.830. The van der Waals surface area contributed by atoms with Crippen LogP contribution in [0.4, 0.5) is 11.4 Å². The van der Waals surface area contributed by atoms with E-state index in [1.54, 1.807) is 38.1 Å². The van der Waals surface area contributed by atoms with Crippen LogP contribution in [0, 0.1) is 6.92 Å². The second-order valence-electron chi connectivity index (χ2n) is 4.09. The molecule has 0 spiro atoms. The standard InChI is InChI=1S/C12H16N4O2S/c1-3-16(11-6-4-10(13)5-7-11)19(17,18)12-8-14-9(2)15-12/h4-8H,3,13H2,1-2H3,(H,14,15). The Bertz CT molecular complexity index is 661. The number of hydrogen-bond acceptors (Lipinski definition) is 4. The Labute approximate surface area is 112 Å². The van der Waals surface area contributed by atoms with Gasteiger partial charge in [-0.1, -0.05) is 0 Å². The van der Waals surface area contributed by atoms with Gasteiger partial charge in [-0.2, -0.15) is 8.42 Å². The van der Waals surface area contributed by atoms with Gasteiger partial charge in [0.05, 0.1) is 11.9 Å². The van der Waals surface area contributed by atoms with E-state index >= 15 is 0 Å². The predicted octanol–water partition coefficient (Wildman–Crippen LogP) is 1.52. The van der Waals surface area contributed by atoms with Gasteiger partial charge in [0.1, 0.15) is 5.82 Å². The second kappa shape index (κ2) is 4.93. The molecule has 0 amide bonds. The minimum absolute atomic E-state index is 0.0867. The van der Waals surface area contributed by atoms with Crippen LogP contribution in [0.25, 0.3) is 0 Å². The lowest BCUT2D eigenvalue weighted by Crippen LogP contribution is -2.31. The van der Waals surface area contributed by atoms with Crippen molar-refractivity contribution in [2.45, 2.75) is 18.9 Å². The third-order valence-corrected chi connectivity index (χ3v) is 4.53. The van der Waals surface area contributed by atoms with Crippen molar-refractivity contribution in [1.29, 1.82) is 0 Å². The van der Waals surface area contributed by atoms with Crippen molar-refractivity contribution in [2.75, 3.05) is 16.6 Å². The number of nitrogens with two attached hydrogens (primary N) is 1. The fourth-order valence-corrected chi connectivity index (χ4v) is 3.22. The Morgan fingerprint density at radius 1 is 1.32 bits per heavy atom. The van der Waals surface area contributed by atoms with E-state index in [-0.39, 0.29) is 5.03 Å². The highest BCUT2D eigenvalue weighted by atomic mass is 32.2. The summed E-state index contributed by atoms with van der Waals surface area (Å²) in [6.07, 6.45) is 1.32. The first-order valence-electron chi connectivity index (χ1n) is 5.85. The first-order chi connectivity index (χ1) is 8.95. The number of rotatable bonds is 4. The lowest BCUT2D eigenvalue weighted by molar-refractivity contribution is 0.588. The molecule has 0 unspecified atom stereocenters. The minimum atomic E-state index is -3.62. The summed E-state index contributed by atoms with van der Waals surface area (Å²) < 4.78 is 26.3. The van der Waals surface area contributed by atoms with Crippen LogP contribution in [0.3, 0.4) is 0 Å². The highest BCUT2D eigenvalue weighted by Gasteiger charge is 2.25. The number of anilines is 2. The van der Waals surface area contributed by atoms with Crippen molar-refractivity contribution in [3.63, 3.8) is 0 Å². The molecule has 1 heterocycles. The topological polar surface area (TPSA) is 92.1 Å². The molecular weight excluding hydrogens is 264 g/mol. The lowest BCUT2D eigenvalue weighted by Gasteiger charge is -2.21. The Morgan fingerprint density at radius 2 is 1.95 bits per heavy atom. The van der Waals surface area contributed by atoms with Gasteiger partial charge in [0.2, 0.25) is 0 Å². The van der Waals surface area contributed by atoms with E-state index in [9.17, 15) is 8.42 Å². The molecule has 0 aliphatic rings. The summed E-state index contributed by atoms with van der Waals surface area (Å²) in [5.74, 6) is 0.562. The van der Waals surface area contributed by atoms with Crippen molar-refractivity contribution in [2.24, 2.45) is 0 Å². The van der Waals surface area contributed by atoms with Gasteiger partial charge in [0.25, 0.3) is 10.0 Å². The summed E-state index contributed by atoms with van der Waals surface area (Å²) in [7, 11) is -3.62. The van der Waals surface area contributed by atoms with Gasteiger partial charge in [0, 0.05) is 12.2 Å². The minimum Gasteiger partial charge on any atom is -0.399 e. The molecule has 2 rings (SSSR count). The fraction of sp³-hybridized carbons (Fsp3) is 0.250. The SMILES string of the molecule is CCN(c1ccc(N)cc1)S(=O)(=O)c1cnc(C)[nH]1. The molecule has 19 heavy (non-hydrogen) atoms. The Morgan fingerprint density at radius 3 is 2.42 bits per heavy atom. The zero-order chi connectivity index (χ0) is 14.0. The van der Waals surface area contributed by atoms with Crippen molar-refractivity contribution < 1.29 is 8.42 Å². The van der Waals surface area contributed by atoms with Crippen LogP contribution < -0.4 is 10.0 Å². The van der Waals surface area contributed by atoms with Gasteiger partial charge in [-0.05, 0) is 38.1 Å². The molecule has 0 fully saturated rings. The molecule has 0 radical (unpaired) electrons. The monoisotopic (exact) mass is 280 g/mol. The molecule has 1 aromatic heterocycles. The van der Waals surface area contributed by atoms with Crippen LogP contribution >= 0.6 is 0 Å². The zero-order valence-corrected chi connectivity index (χ0v) is 11.6. The average molecular weight is 280 g/mol. The number of hydrogen-bond donors (Lipinski definition) is 2. The third-order valence-electron chi connectivity index (χ3n) is 2.72. The van der Waals surface area contributed by atoms with E-state index in [0.717, 1.165) is 0 Å². The number of aryl methyl sites for hydroxylation is 1. The highest BCUT2D eigenvalue weighted by Crippen LogP contribution is 2.23. The van der Waals surface area contributed by atoms with Gasteiger partial charge >= 0.3 is 0 Å². The maximum absolute atomic E-state index is 12.5. The number of sulfonamides is 1. The number of nitrogens with zero attached hydrogens (tertiary/aromatic N) is 2. The summed E-state index contributed by atoms with van der Waals surface area (Å²) in [6, 6.07) is 6.71.